The van der Waals surface area contributed by atoms with Gasteiger partial charge in [0.25, 0.3) is 0 Å². The summed E-state index contributed by atoms with van der Waals surface area (Å²) in [6.45, 7) is 7.68. The van der Waals surface area contributed by atoms with E-state index in [1.54, 1.807) is 13.8 Å². The monoisotopic (exact) mass is 221 g/mol. The Kier molecular flexibility index (Phi) is 5.22. The molecule has 78 valence electrons. The number of hydrogen-bond acceptors (Lipinski definition) is 3. The molecule has 1 N–H and O–H groups in total. The normalized spacial score (nSPS) is 14.4. The highest BCUT2D eigenvalue weighted by molar-refractivity contribution is 7.82. The highest BCUT2D eigenvalue weighted by Crippen LogP contribution is 2.13. The van der Waals surface area contributed by atoms with Crippen molar-refractivity contribution in [3.8, 4) is 0 Å². The molecule has 0 aliphatic heterocycles. The topological polar surface area (TPSA) is 29.1 Å². The van der Waals surface area contributed by atoms with Gasteiger partial charge in [0.1, 0.15) is 0 Å². The minimum atomic E-state index is -0.615. The first-order valence-corrected chi connectivity index (χ1v) is 5.51. The zero-order valence-corrected chi connectivity index (χ0v) is 10.5. The van der Waals surface area contributed by atoms with E-state index in [0.29, 0.717) is 11.7 Å². The van der Waals surface area contributed by atoms with Crippen LogP contribution in [0.1, 0.15) is 27.7 Å². The van der Waals surface area contributed by atoms with E-state index in [1.807, 2.05) is 0 Å². The van der Waals surface area contributed by atoms with Crippen LogP contribution in [0.3, 0.4) is 0 Å². The van der Waals surface area contributed by atoms with Gasteiger partial charge in [0.05, 0.1) is 4.75 Å². The summed E-state index contributed by atoms with van der Waals surface area (Å²) in [6, 6.07) is 0.127. The Morgan fingerprint density at radius 1 is 1.46 bits per heavy atom. The van der Waals surface area contributed by atoms with Crippen LogP contribution in [0, 0.1) is 5.92 Å². The van der Waals surface area contributed by atoms with Gasteiger partial charge in [-0.1, -0.05) is 13.8 Å². The first-order valence-electron chi connectivity index (χ1n) is 4.43. The molecule has 0 aliphatic rings. The maximum absolute atomic E-state index is 11.5. The standard InChI is InChI=1S/C9H19NOS2/c1-6(2)7(5-12)10-8(11)9(3,4)13/h6-7,12-13H,5H2,1-4H3,(H,10,11)/t7-/m1/s1. The van der Waals surface area contributed by atoms with Gasteiger partial charge in [-0.25, -0.2) is 0 Å². The van der Waals surface area contributed by atoms with Gasteiger partial charge in [-0.3, -0.25) is 4.79 Å². The zero-order valence-electron chi connectivity index (χ0n) is 8.66. The summed E-state index contributed by atoms with van der Waals surface area (Å²) in [4.78, 5) is 11.5. The number of hydrogen-bond donors (Lipinski definition) is 3. The predicted molar refractivity (Wildman–Crippen MR) is 63.7 cm³/mol. The second kappa shape index (κ2) is 5.15. The SMILES string of the molecule is CC(C)[C@@H](CS)NC(=O)C(C)(C)S. The molecule has 0 rings (SSSR count). The van der Waals surface area contributed by atoms with Gasteiger partial charge in [0.15, 0.2) is 0 Å². The molecule has 0 fully saturated rings. The number of carbonyl (C=O) groups is 1. The molecule has 0 unspecified atom stereocenters. The largest absolute Gasteiger partial charge is 0.351 e. The summed E-state index contributed by atoms with van der Waals surface area (Å²) < 4.78 is -0.615. The average Bonchev–Trinajstić information content (AvgIpc) is 1.96. The van der Waals surface area contributed by atoms with Gasteiger partial charge in [-0.15, -0.1) is 0 Å². The summed E-state index contributed by atoms with van der Waals surface area (Å²) in [5, 5.41) is 2.91. The Balaban J connectivity index is 4.18. The molecule has 0 saturated heterocycles. The molecular formula is C9H19NOS2. The number of amides is 1. The van der Waals surface area contributed by atoms with Crippen molar-refractivity contribution in [1.29, 1.82) is 0 Å². The third kappa shape index (κ3) is 4.81. The molecular weight excluding hydrogens is 202 g/mol. The maximum Gasteiger partial charge on any atom is 0.235 e. The first kappa shape index (κ1) is 13.2. The van der Waals surface area contributed by atoms with Crippen LogP contribution in [0.25, 0.3) is 0 Å². The lowest BCUT2D eigenvalue weighted by Crippen LogP contribution is -2.46. The zero-order chi connectivity index (χ0) is 10.6. The van der Waals surface area contributed by atoms with Crippen LogP contribution >= 0.6 is 25.3 Å². The van der Waals surface area contributed by atoms with E-state index in [4.69, 9.17) is 0 Å². The van der Waals surface area contributed by atoms with E-state index < -0.39 is 4.75 Å². The predicted octanol–water partition coefficient (Wildman–Crippen LogP) is 1.77. The Morgan fingerprint density at radius 2 is 1.92 bits per heavy atom. The Labute approximate surface area is 91.7 Å². The Morgan fingerprint density at radius 3 is 2.15 bits per heavy atom. The molecule has 0 aliphatic carbocycles. The summed E-state index contributed by atoms with van der Waals surface area (Å²) in [7, 11) is 0. The van der Waals surface area contributed by atoms with Crippen LogP contribution in [-0.2, 0) is 4.79 Å². The van der Waals surface area contributed by atoms with E-state index in [2.05, 4.69) is 44.4 Å². The molecule has 0 radical (unpaired) electrons. The van der Waals surface area contributed by atoms with Gasteiger partial charge in [0, 0.05) is 11.8 Å². The summed E-state index contributed by atoms with van der Waals surface area (Å²) >= 11 is 8.38. The molecule has 1 atom stereocenters. The van der Waals surface area contributed by atoms with Crippen molar-refractivity contribution in [2.24, 2.45) is 5.92 Å². The van der Waals surface area contributed by atoms with Crippen molar-refractivity contribution < 1.29 is 4.79 Å². The molecule has 0 heterocycles. The van der Waals surface area contributed by atoms with Crippen LogP contribution in [0.4, 0.5) is 0 Å². The van der Waals surface area contributed by atoms with Crippen LogP contribution in [0.2, 0.25) is 0 Å². The number of rotatable bonds is 4. The molecule has 13 heavy (non-hydrogen) atoms. The van der Waals surface area contributed by atoms with Crippen LogP contribution in [0.5, 0.6) is 0 Å². The van der Waals surface area contributed by atoms with Crippen LogP contribution in [0.15, 0.2) is 0 Å². The first-order chi connectivity index (χ1) is 5.79. The average molecular weight is 221 g/mol. The molecule has 4 heteroatoms. The van der Waals surface area contributed by atoms with Gasteiger partial charge in [-0.2, -0.15) is 25.3 Å². The molecule has 0 aromatic heterocycles. The fourth-order valence-electron chi connectivity index (χ4n) is 0.768. The van der Waals surface area contributed by atoms with Crippen molar-refractivity contribution in [1.82, 2.24) is 5.32 Å². The lowest BCUT2D eigenvalue weighted by molar-refractivity contribution is -0.123. The van der Waals surface area contributed by atoms with Crippen molar-refractivity contribution in [2.75, 3.05) is 5.75 Å². The molecule has 0 spiro atoms. The second-order valence-corrected chi connectivity index (χ2v) is 5.55. The molecule has 0 aromatic carbocycles. The molecule has 2 nitrogen and oxygen atoms in total. The van der Waals surface area contributed by atoms with Crippen molar-refractivity contribution >= 4 is 31.2 Å². The third-order valence-electron chi connectivity index (χ3n) is 1.87. The minimum Gasteiger partial charge on any atom is -0.351 e. The van der Waals surface area contributed by atoms with Crippen LogP contribution < -0.4 is 5.32 Å². The smallest absolute Gasteiger partial charge is 0.235 e. The van der Waals surface area contributed by atoms with E-state index >= 15 is 0 Å². The quantitative estimate of drug-likeness (QED) is 0.621. The van der Waals surface area contributed by atoms with Gasteiger partial charge >= 0.3 is 0 Å². The van der Waals surface area contributed by atoms with E-state index in [0.717, 1.165) is 0 Å². The fourth-order valence-corrected chi connectivity index (χ4v) is 1.35. The van der Waals surface area contributed by atoms with Crippen molar-refractivity contribution in [2.45, 2.75) is 38.5 Å². The molecule has 0 aromatic rings. The van der Waals surface area contributed by atoms with Gasteiger partial charge < -0.3 is 5.32 Å². The highest BCUT2D eigenvalue weighted by atomic mass is 32.1. The van der Waals surface area contributed by atoms with Gasteiger partial charge in [-0.05, 0) is 19.8 Å². The van der Waals surface area contributed by atoms with E-state index in [9.17, 15) is 4.79 Å². The summed E-state index contributed by atoms with van der Waals surface area (Å²) in [5.74, 6) is 1.02. The van der Waals surface area contributed by atoms with E-state index in [1.165, 1.54) is 0 Å². The van der Waals surface area contributed by atoms with Crippen LogP contribution in [-0.4, -0.2) is 22.4 Å². The Bertz CT molecular complexity index is 175. The summed E-state index contributed by atoms with van der Waals surface area (Å²) in [6.07, 6.45) is 0. The summed E-state index contributed by atoms with van der Waals surface area (Å²) in [5.41, 5.74) is 0. The Hall–Kier alpha value is 0.170. The highest BCUT2D eigenvalue weighted by Gasteiger charge is 2.25. The maximum atomic E-state index is 11.5. The molecule has 0 bridgehead atoms. The number of thiol groups is 2. The lowest BCUT2D eigenvalue weighted by Gasteiger charge is -2.25. The van der Waals surface area contributed by atoms with Gasteiger partial charge in [0.2, 0.25) is 5.91 Å². The minimum absolute atomic E-state index is 0.0383. The third-order valence-corrected chi connectivity index (χ3v) is 2.47. The second-order valence-electron chi connectivity index (χ2n) is 4.07. The number of carbonyl (C=O) groups excluding carboxylic acids is 1. The molecule has 0 saturated carbocycles. The lowest BCUT2D eigenvalue weighted by atomic mass is 10.1. The van der Waals surface area contributed by atoms with E-state index in [-0.39, 0.29) is 11.9 Å². The van der Waals surface area contributed by atoms with Crippen molar-refractivity contribution in [3.63, 3.8) is 0 Å². The van der Waals surface area contributed by atoms with Crippen molar-refractivity contribution in [3.05, 3.63) is 0 Å². The number of nitrogens with one attached hydrogen (secondary N) is 1. The molecule has 1 amide bonds. The fraction of sp³-hybridized carbons (Fsp3) is 0.889.